The molecule has 0 bridgehead atoms. The number of carbonyl (C=O) groups is 1. The van der Waals surface area contributed by atoms with Crippen molar-refractivity contribution >= 4 is 34.2 Å². The maximum absolute atomic E-state index is 11.6. The third-order valence-corrected chi connectivity index (χ3v) is 2.71. The quantitative estimate of drug-likeness (QED) is 0.820. The van der Waals surface area contributed by atoms with E-state index in [0.29, 0.717) is 0 Å². The predicted octanol–water partition coefficient (Wildman–Crippen LogP) is 3.06. The lowest BCUT2D eigenvalue weighted by Gasteiger charge is -2.16. The molecular formula is C11H15BrClNO. The van der Waals surface area contributed by atoms with Gasteiger partial charge >= 0.3 is 0 Å². The maximum Gasteiger partial charge on any atom is 0.229 e. The van der Waals surface area contributed by atoms with Crippen molar-refractivity contribution in [3.05, 3.63) is 34.3 Å². The Morgan fingerprint density at radius 3 is 2.13 bits per heavy atom. The van der Waals surface area contributed by atoms with Crippen molar-refractivity contribution < 1.29 is 4.79 Å². The molecule has 1 rings (SSSR count). The average molecular weight is 293 g/mol. The molecule has 0 aromatic heterocycles. The van der Waals surface area contributed by atoms with Crippen molar-refractivity contribution in [2.24, 2.45) is 0 Å². The number of rotatable bonds is 2. The van der Waals surface area contributed by atoms with E-state index in [1.807, 2.05) is 31.2 Å². The highest BCUT2D eigenvalue weighted by Crippen LogP contribution is 2.19. The van der Waals surface area contributed by atoms with Gasteiger partial charge in [0.2, 0.25) is 5.91 Å². The Bertz CT molecular complexity index is 324. The van der Waals surface area contributed by atoms with Gasteiger partial charge in [0.1, 0.15) is 0 Å². The lowest BCUT2D eigenvalue weighted by atomic mass is 10.0. The molecule has 0 N–H and O–H groups in total. The number of carbonyl (C=O) groups excluding carboxylic acids is 1. The highest BCUT2D eigenvalue weighted by Gasteiger charge is 2.16. The fraction of sp³-hybridized carbons (Fsp3) is 0.364. The zero-order chi connectivity index (χ0) is 10.7. The van der Waals surface area contributed by atoms with Crippen LogP contribution in [-0.4, -0.2) is 24.9 Å². The van der Waals surface area contributed by atoms with Crippen LogP contribution in [0.2, 0.25) is 0 Å². The molecule has 0 radical (unpaired) electrons. The number of likely N-dealkylation sites (N-methyl/N-ethyl adjacent to an activating group) is 1. The first-order chi connectivity index (χ1) is 6.52. The van der Waals surface area contributed by atoms with E-state index in [0.717, 1.165) is 10.0 Å². The molecule has 2 nitrogen and oxygen atoms in total. The number of halogens is 2. The third kappa shape index (κ3) is 3.84. The summed E-state index contributed by atoms with van der Waals surface area (Å²) < 4.78 is 1.03. The molecule has 84 valence electrons. The second-order valence-electron chi connectivity index (χ2n) is 3.51. The van der Waals surface area contributed by atoms with Crippen molar-refractivity contribution in [1.82, 2.24) is 4.90 Å². The highest BCUT2D eigenvalue weighted by atomic mass is 79.9. The van der Waals surface area contributed by atoms with E-state index in [9.17, 15) is 4.79 Å². The zero-order valence-electron chi connectivity index (χ0n) is 9.03. The van der Waals surface area contributed by atoms with Crippen LogP contribution in [0.5, 0.6) is 0 Å². The maximum atomic E-state index is 11.6. The Morgan fingerprint density at radius 1 is 1.27 bits per heavy atom. The molecule has 1 amide bonds. The second kappa shape index (κ2) is 6.13. The van der Waals surface area contributed by atoms with Gasteiger partial charge in [-0.25, -0.2) is 0 Å². The smallest absolute Gasteiger partial charge is 0.229 e. The SMILES string of the molecule is CC(C(=O)N(C)C)c1ccc(Br)cc1.Cl. The summed E-state index contributed by atoms with van der Waals surface area (Å²) in [7, 11) is 3.55. The van der Waals surface area contributed by atoms with E-state index >= 15 is 0 Å². The lowest BCUT2D eigenvalue weighted by molar-refractivity contribution is -0.129. The first-order valence-electron chi connectivity index (χ1n) is 4.49. The lowest BCUT2D eigenvalue weighted by Crippen LogP contribution is -2.26. The molecule has 0 saturated heterocycles. The summed E-state index contributed by atoms with van der Waals surface area (Å²) in [6.45, 7) is 1.92. The molecule has 1 unspecified atom stereocenters. The van der Waals surface area contributed by atoms with Crippen molar-refractivity contribution in [1.29, 1.82) is 0 Å². The molecule has 0 saturated carbocycles. The summed E-state index contributed by atoms with van der Waals surface area (Å²) >= 11 is 3.37. The summed E-state index contributed by atoms with van der Waals surface area (Å²) in [6, 6.07) is 7.84. The Labute approximate surface area is 105 Å². The van der Waals surface area contributed by atoms with Gasteiger partial charge in [-0.2, -0.15) is 0 Å². The standard InChI is InChI=1S/C11H14BrNO.ClH/c1-8(11(14)13(2)3)9-4-6-10(12)7-5-9;/h4-8H,1-3H3;1H. The minimum absolute atomic E-state index is 0. The molecule has 4 heteroatoms. The van der Waals surface area contributed by atoms with Crippen LogP contribution in [-0.2, 0) is 4.79 Å². The summed E-state index contributed by atoms with van der Waals surface area (Å²) in [6.07, 6.45) is 0. The van der Waals surface area contributed by atoms with Crippen LogP contribution in [0.15, 0.2) is 28.7 Å². The molecule has 1 atom stereocenters. The Hall–Kier alpha value is -0.540. The Balaban J connectivity index is 0.00000196. The summed E-state index contributed by atoms with van der Waals surface area (Å²) in [4.78, 5) is 13.3. The van der Waals surface area contributed by atoms with Crippen LogP contribution in [0.25, 0.3) is 0 Å². The number of nitrogens with zero attached hydrogens (tertiary/aromatic N) is 1. The minimum atomic E-state index is -0.0712. The van der Waals surface area contributed by atoms with Crippen LogP contribution in [0.1, 0.15) is 18.4 Å². The van der Waals surface area contributed by atoms with Gasteiger partial charge in [0.15, 0.2) is 0 Å². The van der Waals surface area contributed by atoms with Crippen LogP contribution in [0, 0.1) is 0 Å². The topological polar surface area (TPSA) is 20.3 Å². The minimum Gasteiger partial charge on any atom is -0.348 e. The highest BCUT2D eigenvalue weighted by molar-refractivity contribution is 9.10. The second-order valence-corrected chi connectivity index (χ2v) is 4.42. The van der Waals surface area contributed by atoms with Crippen LogP contribution < -0.4 is 0 Å². The summed E-state index contributed by atoms with van der Waals surface area (Å²) in [5.74, 6) is 0.0606. The van der Waals surface area contributed by atoms with E-state index in [2.05, 4.69) is 15.9 Å². The number of benzene rings is 1. The van der Waals surface area contributed by atoms with Gasteiger partial charge in [-0.1, -0.05) is 28.1 Å². The third-order valence-electron chi connectivity index (χ3n) is 2.18. The van der Waals surface area contributed by atoms with Crippen LogP contribution in [0.4, 0.5) is 0 Å². The largest absolute Gasteiger partial charge is 0.348 e. The van der Waals surface area contributed by atoms with Crippen LogP contribution >= 0.6 is 28.3 Å². The van der Waals surface area contributed by atoms with Gasteiger partial charge in [-0.3, -0.25) is 4.79 Å². The van der Waals surface area contributed by atoms with Gasteiger partial charge in [0.25, 0.3) is 0 Å². The molecular weight excluding hydrogens is 277 g/mol. The monoisotopic (exact) mass is 291 g/mol. The Morgan fingerprint density at radius 2 is 1.73 bits per heavy atom. The van der Waals surface area contributed by atoms with Crippen molar-refractivity contribution in [3.63, 3.8) is 0 Å². The molecule has 0 aliphatic heterocycles. The van der Waals surface area contributed by atoms with Crippen molar-refractivity contribution in [2.45, 2.75) is 12.8 Å². The van der Waals surface area contributed by atoms with E-state index in [1.165, 1.54) is 0 Å². The summed E-state index contributed by atoms with van der Waals surface area (Å²) in [5, 5.41) is 0. The van der Waals surface area contributed by atoms with E-state index in [1.54, 1.807) is 19.0 Å². The number of hydrogen-bond acceptors (Lipinski definition) is 1. The fourth-order valence-electron chi connectivity index (χ4n) is 1.28. The van der Waals surface area contributed by atoms with Gasteiger partial charge in [-0.05, 0) is 24.6 Å². The van der Waals surface area contributed by atoms with Gasteiger partial charge in [-0.15, -0.1) is 12.4 Å². The molecule has 0 spiro atoms. The normalized spacial score (nSPS) is 11.5. The molecule has 0 aliphatic rings. The first kappa shape index (κ1) is 14.5. The van der Waals surface area contributed by atoms with Gasteiger partial charge in [0.05, 0.1) is 5.92 Å². The fourth-order valence-corrected chi connectivity index (χ4v) is 1.55. The number of hydrogen-bond donors (Lipinski definition) is 0. The Kier molecular flexibility index (Phi) is 5.91. The van der Waals surface area contributed by atoms with E-state index < -0.39 is 0 Å². The molecule has 15 heavy (non-hydrogen) atoms. The predicted molar refractivity (Wildman–Crippen MR) is 68.5 cm³/mol. The molecule has 0 aliphatic carbocycles. The molecule has 1 aromatic carbocycles. The molecule has 0 fully saturated rings. The van der Waals surface area contributed by atoms with Gasteiger partial charge < -0.3 is 4.90 Å². The van der Waals surface area contributed by atoms with Crippen LogP contribution in [0.3, 0.4) is 0 Å². The van der Waals surface area contributed by atoms with Crippen molar-refractivity contribution in [3.8, 4) is 0 Å². The van der Waals surface area contributed by atoms with Gasteiger partial charge in [0, 0.05) is 18.6 Å². The van der Waals surface area contributed by atoms with E-state index in [-0.39, 0.29) is 24.2 Å². The molecule has 0 heterocycles. The van der Waals surface area contributed by atoms with E-state index in [4.69, 9.17) is 0 Å². The average Bonchev–Trinajstić information content (AvgIpc) is 2.16. The summed E-state index contributed by atoms with van der Waals surface area (Å²) in [5.41, 5.74) is 1.05. The number of amides is 1. The first-order valence-corrected chi connectivity index (χ1v) is 5.28. The molecule has 1 aromatic rings. The zero-order valence-corrected chi connectivity index (χ0v) is 11.4. The van der Waals surface area contributed by atoms with Crippen molar-refractivity contribution in [2.75, 3.05) is 14.1 Å².